The van der Waals surface area contributed by atoms with E-state index < -0.39 is 5.82 Å². The Labute approximate surface area is 70.1 Å². The molecular formula is C9H10FNO. The molecule has 0 saturated carbocycles. The number of rotatable bonds is 2. The molecule has 1 aromatic rings. The highest BCUT2D eigenvalue weighted by molar-refractivity contribution is 5.64. The number of benzene rings is 1. The lowest BCUT2D eigenvalue weighted by atomic mass is 10.1. The zero-order valence-electron chi connectivity index (χ0n) is 6.50. The molecule has 0 heterocycles. The lowest BCUT2D eigenvalue weighted by molar-refractivity contribution is 0.343. The summed E-state index contributed by atoms with van der Waals surface area (Å²) in [5, 5.41) is 8.47. The van der Waals surface area contributed by atoms with Crippen LogP contribution in [-0.2, 0) is 0 Å². The minimum atomic E-state index is -0.435. The monoisotopic (exact) mass is 167 g/mol. The summed E-state index contributed by atoms with van der Waals surface area (Å²) in [4.78, 5) is 0. The van der Waals surface area contributed by atoms with Crippen LogP contribution in [0.25, 0.3) is 6.08 Å². The van der Waals surface area contributed by atoms with Crippen LogP contribution in [0.3, 0.4) is 0 Å². The van der Waals surface area contributed by atoms with E-state index in [9.17, 15) is 4.39 Å². The molecule has 1 aromatic carbocycles. The third kappa shape index (κ3) is 1.83. The first kappa shape index (κ1) is 8.74. The number of halogens is 1. The highest BCUT2D eigenvalue weighted by Gasteiger charge is 1.99. The van der Waals surface area contributed by atoms with E-state index in [4.69, 9.17) is 10.8 Å². The summed E-state index contributed by atoms with van der Waals surface area (Å²) in [6.45, 7) is -0.0735. The molecule has 64 valence electrons. The van der Waals surface area contributed by atoms with Gasteiger partial charge in [0.1, 0.15) is 5.82 Å². The van der Waals surface area contributed by atoms with Crippen molar-refractivity contribution in [2.75, 3.05) is 12.3 Å². The molecule has 0 radical (unpaired) electrons. The minimum Gasteiger partial charge on any atom is -0.396 e. The summed E-state index contributed by atoms with van der Waals surface area (Å²) in [6, 6.07) is 4.55. The predicted molar refractivity (Wildman–Crippen MR) is 46.9 cm³/mol. The van der Waals surface area contributed by atoms with Crippen LogP contribution in [0, 0.1) is 5.82 Å². The number of nitrogens with two attached hydrogens (primary N) is 1. The topological polar surface area (TPSA) is 46.2 Å². The molecule has 0 fully saturated rings. The third-order valence-corrected chi connectivity index (χ3v) is 1.49. The van der Waals surface area contributed by atoms with Crippen LogP contribution in [0.2, 0.25) is 0 Å². The first-order valence-electron chi connectivity index (χ1n) is 3.57. The van der Waals surface area contributed by atoms with Crippen molar-refractivity contribution in [1.82, 2.24) is 0 Å². The molecule has 12 heavy (non-hydrogen) atoms. The second-order valence-electron chi connectivity index (χ2n) is 2.33. The Hall–Kier alpha value is -1.35. The number of hydrogen-bond donors (Lipinski definition) is 2. The molecule has 2 nitrogen and oxygen atoms in total. The first-order chi connectivity index (χ1) is 5.75. The lowest BCUT2D eigenvalue weighted by Crippen LogP contribution is -1.93. The number of para-hydroxylation sites is 1. The summed E-state index contributed by atoms with van der Waals surface area (Å²) in [5.74, 6) is -0.435. The number of aliphatic hydroxyl groups is 1. The average Bonchev–Trinajstić information content (AvgIpc) is 2.08. The van der Waals surface area contributed by atoms with Gasteiger partial charge < -0.3 is 10.8 Å². The molecule has 0 aromatic heterocycles. The van der Waals surface area contributed by atoms with E-state index in [0.29, 0.717) is 5.56 Å². The standard InChI is InChI=1S/C9H10FNO/c10-8-5-1-3-7(9(8)11)4-2-6-12/h1-5,12H,6,11H2. The summed E-state index contributed by atoms with van der Waals surface area (Å²) in [6.07, 6.45) is 3.09. The van der Waals surface area contributed by atoms with E-state index in [1.165, 1.54) is 12.1 Å². The van der Waals surface area contributed by atoms with Crippen LogP contribution in [0.1, 0.15) is 5.56 Å². The van der Waals surface area contributed by atoms with Crippen molar-refractivity contribution in [2.24, 2.45) is 0 Å². The van der Waals surface area contributed by atoms with Crippen LogP contribution in [0.15, 0.2) is 24.3 Å². The van der Waals surface area contributed by atoms with E-state index in [1.54, 1.807) is 18.2 Å². The quantitative estimate of drug-likeness (QED) is 0.654. The van der Waals surface area contributed by atoms with Gasteiger partial charge in [0, 0.05) is 5.56 Å². The fraction of sp³-hybridized carbons (Fsp3) is 0.111. The van der Waals surface area contributed by atoms with E-state index in [-0.39, 0.29) is 12.3 Å². The van der Waals surface area contributed by atoms with Crippen molar-refractivity contribution >= 4 is 11.8 Å². The van der Waals surface area contributed by atoms with Crippen molar-refractivity contribution in [3.05, 3.63) is 35.7 Å². The number of aliphatic hydroxyl groups excluding tert-OH is 1. The molecule has 0 saturated heterocycles. The molecule has 3 heteroatoms. The molecule has 0 bridgehead atoms. The molecule has 0 spiro atoms. The fourth-order valence-corrected chi connectivity index (χ4v) is 0.879. The van der Waals surface area contributed by atoms with Gasteiger partial charge in [-0.15, -0.1) is 0 Å². The Morgan fingerprint density at radius 1 is 1.50 bits per heavy atom. The van der Waals surface area contributed by atoms with Gasteiger partial charge in [-0.1, -0.05) is 24.3 Å². The van der Waals surface area contributed by atoms with Gasteiger partial charge in [0.15, 0.2) is 0 Å². The lowest BCUT2D eigenvalue weighted by Gasteiger charge is -1.99. The second kappa shape index (κ2) is 3.88. The van der Waals surface area contributed by atoms with Gasteiger partial charge in [-0.25, -0.2) is 4.39 Å². The Morgan fingerprint density at radius 2 is 2.25 bits per heavy atom. The predicted octanol–water partition coefficient (Wildman–Crippen LogP) is 1.41. The van der Waals surface area contributed by atoms with Gasteiger partial charge in [-0.05, 0) is 6.07 Å². The van der Waals surface area contributed by atoms with Crippen molar-refractivity contribution in [3.63, 3.8) is 0 Å². The van der Waals surface area contributed by atoms with E-state index in [1.807, 2.05) is 0 Å². The Bertz CT molecular complexity index is 297. The van der Waals surface area contributed by atoms with Gasteiger partial charge in [0.2, 0.25) is 0 Å². The number of hydrogen-bond acceptors (Lipinski definition) is 2. The third-order valence-electron chi connectivity index (χ3n) is 1.49. The highest BCUT2D eigenvalue weighted by Crippen LogP contribution is 2.16. The van der Waals surface area contributed by atoms with Gasteiger partial charge in [-0.2, -0.15) is 0 Å². The van der Waals surface area contributed by atoms with Gasteiger partial charge in [-0.3, -0.25) is 0 Å². The highest BCUT2D eigenvalue weighted by atomic mass is 19.1. The molecule has 1 rings (SSSR count). The van der Waals surface area contributed by atoms with Crippen molar-refractivity contribution < 1.29 is 9.50 Å². The second-order valence-corrected chi connectivity index (χ2v) is 2.33. The molecule has 0 amide bonds. The maximum Gasteiger partial charge on any atom is 0.146 e. The summed E-state index contributed by atoms with van der Waals surface area (Å²) < 4.78 is 12.8. The molecular weight excluding hydrogens is 157 g/mol. The average molecular weight is 167 g/mol. The SMILES string of the molecule is Nc1c(F)cccc1C=CCO. The fourth-order valence-electron chi connectivity index (χ4n) is 0.879. The van der Waals surface area contributed by atoms with Crippen LogP contribution >= 0.6 is 0 Å². The van der Waals surface area contributed by atoms with Gasteiger partial charge in [0.25, 0.3) is 0 Å². The number of nitrogen functional groups attached to an aromatic ring is 1. The number of anilines is 1. The Morgan fingerprint density at radius 3 is 2.92 bits per heavy atom. The summed E-state index contributed by atoms with van der Waals surface area (Å²) in [7, 11) is 0. The molecule has 0 atom stereocenters. The van der Waals surface area contributed by atoms with Gasteiger partial charge in [0.05, 0.1) is 12.3 Å². The smallest absolute Gasteiger partial charge is 0.146 e. The van der Waals surface area contributed by atoms with Crippen LogP contribution in [0.4, 0.5) is 10.1 Å². The van der Waals surface area contributed by atoms with Crippen LogP contribution < -0.4 is 5.73 Å². The van der Waals surface area contributed by atoms with Gasteiger partial charge >= 0.3 is 0 Å². The maximum absolute atomic E-state index is 12.8. The van der Waals surface area contributed by atoms with E-state index in [2.05, 4.69) is 0 Å². The molecule has 0 aliphatic rings. The zero-order chi connectivity index (χ0) is 8.97. The Balaban J connectivity index is 3.00. The summed E-state index contributed by atoms with van der Waals surface area (Å²) >= 11 is 0. The normalized spacial score (nSPS) is 10.8. The first-order valence-corrected chi connectivity index (χ1v) is 3.57. The van der Waals surface area contributed by atoms with Crippen molar-refractivity contribution in [2.45, 2.75) is 0 Å². The maximum atomic E-state index is 12.8. The van der Waals surface area contributed by atoms with Crippen molar-refractivity contribution in [1.29, 1.82) is 0 Å². The Kier molecular flexibility index (Phi) is 2.82. The van der Waals surface area contributed by atoms with Crippen molar-refractivity contribution in [3.8, 4) is 0 Å². The van der Waals surface area contributed by atoms with E-state index in [0.717, 1.165) is 0 Å². The van der Waals surface area contributed by atoms with Crippen LogP contribution in [-0.4, -0.2) is 11.7 Å². The molecule has 0 aliphatic carbocycles. The molecule has 0 unspecified atom stereocenters. The molecule has 3 N–H and O–H groups in total. The van der Waals surface area contributed by atoms with E-state index >= 15 is 0 Å². The zero-order valence-corrected chi connectivity index (χ0v) is 6.50. The minimum absolute atomic E-state index is 0.0735. The van der Waals surface area contributed by atoms with Crippen LogP contribution in [0.5, 0.6) is 0 Å². The molecule has 0 aliphatic heterocycles. The largest absolute Gasteiger partial charge is 0.396 e. The summed E-state index contributed by atoms with van der Waals surface area (Å²) in [5.41, 5.74) is 6.12.